The number of amides is 1. The number of nitrogens with zero attached hydrogens (tertiary/aromatic N) is 1. The second kappa shape index (κ2) is 5.50. The van der Waals surface area contributed by atoms with Crippen LogP contribution in [0.15, 0.2) is 24.3 Å². The van der Waals surface area contributed by atoms with Gasteiger partial charge >= 0.3 is 0 Å². The van der Waals surface area contributed by atoms with Crippen molar-refractivity contribution in [1.29, 1.82) is 0 Å². The fourth-order valence-corrected chi connectivity index (χ4v) is 2.71. The summed E-state index contributed by atoms with van der Waals surface area (Å²) in [5, 5.41) is 3.12. The number of benzene rings is 1. The molecule has 1 amide bonds. The number of halogens is 1. The molecule has 1 aromatic rings. The number of carbonyl (C=O) groups excluding carboxylic acids is 1. The van der Waals surface area contributed by atoms with E-state index in [9.17, 15) is 9.18 Å². The minimum Gasteiger partial charge on any atom is -0.367 e. The van der Waals surface area contributed by atoms with Crippen molar-refractivity contribution in [3.05, 3.63) is 35.6 Å². The lowest BCUT2D eigenvalue weighted by Gasteiger charge is -2.40. The molecular weight excluding hydrogens is 259 g/mol. The summed E-state index contributed by atoms with van der Waals surface area (Å²) >= 11 is 0. The third-order valence-electron chi connectivity index (χ3n) is 3.94. The topological polar surface area (TPSA) is 41.6 Å². The minimum atomic E-state index is -0.258. The van der Waals surface area contributed by atoms with Gasteiger partial charge in [-0.05, 0) is 24.6 Å². The third-order valence-corrected chi connectivity index (χ3v) is 3.94. The van der Waals surface area contributed by atoms with Gasteiger partial charge in [0.1, 0.15) is 11.9 Å². The summed E-state index contributed by atoms with van der Waals surface area (Å²) in [5.74, 6) is 0.0475. The van der Waals surface area contributed by atoms with E-state index in [1.54, 1.807) is 12.1 Å². The van der Waals surface area contributed by atoms with E-state index in [-0.39, 0.29) is 29.9 Å². The van der Waals surface area contributed by atoms with Crippen LogP contribution in [-0.2, 0) is 9.53 Å². The highest BCUT2D eigenvalue weighted by atomic mass is 19.1. The molecule has 20 heavy (non-hydrogen) atoms. The molecule has 3 rings (SSSR count). The van der Waals surface area contributed by atoms with Crippen molar-refractivity contribution in [2.45, 2.75) is 19.1 Å². The molecule has 5 heteroatoms. The number of ether oxygens (including phenoxy) is 1. The molecule has 1 N–H and O–H groups in total. The maximum absolute atomic E-state index is 13.0. The lowest BCUT2D eigenvalue weighted by atomic mass is 9.99. The molecule has 2 unspecified atom stereocenters. The molecule has 0 bridgehead atoms. The van der Waals surface area contributed by atoms with E-state index in [1.165, 1.54) is 12.1 Å². The number of hydrogen-bond acceptors (Lipinski definition) is 3. The molecule has 2 fully saturated rings. The SMILES string of the molecule is CC1CN(C(=O)C2CNC2)CC(c2ccc(F)cc2)O1. The molecule has 0 aliphatic carbocycles. The van der Waals surface area contributed by atoms with Crippen LogP contribution in [-0.4, -0.2) is 43.1 Å². The van der Waals surface area contributed by atoms with Crippen LogP contribution < -0.4 is 5.32 Å². The van der Waals surface area contributed by atoms with Gasteiger partial charge in [-0.2, -0.15) is 0 Å². The molecule has 0 saturated carbocycles. The highest BCUT2D eigenvalue weighted by Crippen LogP contribution is 2.26. The maximum atomic E-state index is 13.0. The van der Waals surface area contributed by atoms with Crippen LogP contribution in [0.5, 0.6) is 0 Å². The van der Waals surface area contributed by atoms with E-state index in [0.29, 0.717) is 13.1 Å². The Balaban J connectivity index is 1.72. The van der Waals surface area contributed by atoms with Gasteiger partial charge in [0.25, 0.3) is 0 Å². The molecule has 4 nitrogen and oxygen atoms in total. The third kappa shape index (κ3) is 2.69. The zero-order valence-corrected chi connectivity index (χ0v) is 11.5. The quantitative estimate of drug-likeness (QED) is 0.887. The summed E-state index contributed by atoms with van der Waals surface area (Å²) in [6.45, 7) is 4.69. The molecule has 2 aliphatic heterocycles. The van der Waals surface area contributed by atoms with Crippen LogP contribution in [0.4, 0.5) is 4.39 Å². The van der Waals surface area contributed by atoms with Gasteiger partial charge in [0.2, 0.25) is 5.91 Å². The minimum absolute atomic E-state index is 0.00390. The zero-order valence-electron chi connectivity index (χ0n) is 11.5. The van der Waals surface area contributed by atoms with Crippen LogP contribution in [0.3, 0.4) is 0 Å². The first kappa shape index (κ1) is 13.5. The summed E-state index contributed by atoms with van der Waals surface area (Å²) in [4.78, 5) is 14.2. The van der Waals surface area contributed by atoms with Crippen molar-refractivity contribution < 1.29 is 13.9 Å². The summed E-state index contributed by atoms with van der Waals surface area (Å²) < 4.78 is 18.9. The molecular formula is C15H19FN2O2. The summed E-state index contributed by atoms with van der Waals surface area (Å²) in [7, 11) is 0. The Hall–Kier alpha value is -1.46. The molecule has 0 aromatic heterocycles. The van der Waals surface area contributed by atoms with E-state index < -0.39 is 0 Å². The molecule has 2 atom stereocenters. The average molecular weight is 278 g/mol. The first-order valence-electron chi connectivity index (χ1n) is 7.04. The highest BCUT2D eigenvalue weighted by molar-refractivity contribution is 5.80. The molecule has 2 heterocycles. The standard InChI is InChI=1S/C15H19FN2O2/c1-10-8-18(15(19)12-6-17-7-12)9-14(20-10)11-2-4-13(16)5-3-11/h2-5,10,12,14,17H,6-9H2,1H3. The van der Waals surface area contributed by atoms with Gasteiger partial charge in [-0.25, -0.2) is 4.39 Å². The predicted molar refractivity (Wildman–Crippen MR) is 72.6 cm³/mol. The molecule has 0 radical (unpaired) electrons. The fraction of sp³-hybridized carbons (Fsp3) is 0.533. The lowest BCUT2D eigenvalue weighted by molar-refractivity contribution is -0.150. The Morgan fingerprint density at radius 3 is 2.60 bits per heavy atom. The van der Waals surface area contributed by atoms with Crippen LogP contribution in [0.25, 0.3) is 0 Å². The smallest absolute Gasteiger partial charge is 0.228 e. The van der Waals surface area contributed by atoms with Crippen molar-refractivity contribution >= 4 is 5.91 Å². The normalized spacial score (nSPS) is 27.2. The van der Waals surface area contributed by atoms with Gasteiger partial charge in [-0.1, -0.05) is 12.1 Å². The van der Waals surface area contributed by atoms with E-state index in [4.69, 9.17) is 4.74 Å². The first-order chi connectivity index (χ1) is 9.63. The van der Waals surface area contributed by atoms with Crippen LogP contribution >= 0.6 is 0 Å². The summed E-state index contributed by atoms with van der Waals surface area (Å²) in [5.41, 5.74) is 0.919. The number of carbonyl (C=O) groups is 1. The van der Waals surface area contributed by atoms with E-state index in [2.05, 4.69) is 5.32 Å². The monoisotopic (exact) mass is 278 g/mol. The number of nitrogens with one attached hydrogen (secondary N) is 1. The molecule has 108 valence electrons. The second-order valence-corrected chi connectivity index (χ2v) is 5.59. The van der Waals surface area contributed by atoms with Gasteiger partial charge in [0.15, 0.2) is 0 Å². The Morgan fingerprint density at radius 2 is 2.00 bits per heavy atom. The van der Waals surface area contributed by atoms with Gasteiger partial charge in [0, 0.05) is 19.6 Å². The number of rotatable bonds is 2. The van der Waals surface area contributed by atoms with E-state index in [1.807, 2.05) is 11.8 Å². The number of morpholine rings is 1. The van der Waals surface area contributed by atoms with Gasteiger partial charge in [0.05, 0.1) is 18.6 Å². The van der Waals surface area contributed by atoms with Crippen molar-refractivity contribution in [2.24, 2.45) is 5.92 Å². The van der Waals surface area contributed by atoms with E-state index in [0.717, 1.165) is 18.7 Å². The Bertz CT molecular complexity index is 487. The molecule has 1 aromatic carbocycles. The summed E-state index contributed by atoms with van der Waals surface area (Å²) in [6.07, 6.45) is -0.174. The molecule has 2 saturated heterocycles. The van der Waals surface area contributed by atoms with Gasteiger partial charge in [-0.15, -0.1) is 0 Å². The fourth-order valence-electron chi connectivity index (χ4n) is 2.71. The largest absolute Gasteiger partial charge is 0.367 e. The van der Waals surface area contributed by atoms with Crippen molar-refractivity contribution in [3.8, 4) is 0 Å². The van der Waals surface area contributed by atoms with Crippen LogP contribution in [0.1, 0.15) is 18.6 Å². The summed E-state index contributed by atoms with van der Waals surface area (Å²) in [6, 6.07) is 6.32. The van der Waals surface area contributed by atoms with Crippen molar-refractivity contribution in [2.75, 3.05) is 26.2 Å². The van der Waals surface area contributed by atoms with Crippen LogP contribution in [0.2, 0.25) is 0 Å². The molecule has 0 spiro atoms. The Kier molecular flexibility index (Phi) is 3.72. The van der Waals surface area contributed by atoms with Gasteiger partial charge in [-0.3, -0.25) is 4.79 Å². The molecule has 2 aliphatic rings. The predicted octanol–water partition coefficient (Wildman–Crippen LogP) is 1.33. The number of hydrogen-bond donors (Lipinski definition) is 1. The highest BCUT2D eigenvalue weighted by Gasteiger charge is 2.34. The first-order valence-corrected chi connectivity index (χ1v) is 7.04. The van der Waals surface area contributed by atoms with Crippen molar-refractivity contribution in [3.63, 3.8) is 0 Å². The Labute approximate surface area is 117 Å². The second-order valence-electron chi connectivity index (χ2n) is 5.59. The van der Waals surface area contributed by atoms with Gasteiger partial charge < -0.3 is 15.0 Å². The van der Waals surface area contributed by atoms with Crippen LogP contribution in [0, 0.1) is 11.7 Å². The lowest BCUT2D eigenvalue weighted by Crippen LogP contribution is -2.55. The van der Waals surface area contributed by atoms with E-state index >= 15 is 0 Å². The Morgan fingerprint density at radius 1 is 1.30 bits per heavy atom. The zero-order chi connectivity index (χ0) is 14.1. The average Bonchev–Trinajstić information content (AvgIpc) is 2.36. The van der Waals surface area contributed by atoms with Crippen molar-refractivity contribution in [1.82, 2.24) is 10.2 Å². The maximum Gasteiger partial charge on any atom is 0.228 e.